The van der Waals surface area contributed by atoms with Crippen molar-refractivity contribution in [1.82, 2.24) is 10.2 Å². The van der Waals surface area contributed by atoms with Crippen molar-refractivity contribution in [2.45, 2.75) is 58.4 Å². The van der Waals surface area contributed by atoms with Crippen LogP contribution < -0.4 is 5.32 Å². The summed E-state index contributed by atoms with van der Waals surface area (Å²) in [5.74, 6) is 0.191. The molecule has 3 rings (SSSR count). The summed E-state index contributed by atoms with van der Waals surface area (Å²) in [5, 5.41) is 2.88. The Morgan fingerprint density at radius 3 is 2.48 bits per heavy atom. The summed E-state index contributed by atoms with van der Waals surface area (Å²) in [7, 11) is 0. The fourth-order valence-electron chi connectivity index (χ4n) is 3.89. The molecule has 134 valence electrons. The molecule has 1 aliphatic carbocycles. The third-order valence-corrected chi connectivity index (χ3v) is 5.91. The zero-order valence-corrected chi connectivity index (χ0v) is 15.2. The van der Waals surface area contributed by atoms with E-state index < -0.39 is 11.6 Å². The quantitative estimate of drug-likeness (QED) is 0.674. The summed E-state index contributed by atoms with van der Waals surface area (Å²) in [4.78, 5) is 38.9. The first-order chi connectivity index (χ1) is 11.9. The van der Waals surface area contributed by atoms with E-state index in [1.807, 2.05) is 26.0 Å². The van der Waals surface area contributed by atoms with E-state index in [-0.39, 0.29) is 18.2 Å². The van der Waals surface area contributed by atoms with E-state index in [2.05, 4.69) is 12.2 Å². The Morgan fingerprint density at radius 2 is 1.88 bits per heavy atom. The van der Waals surface area contributed by atoms with Gasteiger partial charge in [-0.05, 0) is 62.6 Å². The number of amides is 3. The maximum absolute atomic E-state index is 12.9. The van der Waals surface area contributed by atoms with Crippen LogP contribution in [0.15, 0.2) is 18.2 Å². The molecule has 1 aromatic carbocycles. The van der Waals surface area contributed by atoms with Gasteiger partial charge < -0.3 is 5.32 Å². The van der Waals surface area contributed by atoms with E-state index in [0.29, 0.717) is 24.3 Å². The summed E-state index contributed by atoms with van der Waals surface area (Å²) in [6.07, 6.45) is 4.34. The van der Waals surface area contributed by atoms with Crippen LogP contribution in [0.25, 0.3) is 0 Å². The molecule has 1 saturated heterocycles. The topological polar surface area (TPSA) is 66.5 Å². The molecule has 0 bridgehead atoms. The number of imide groups is 1. The highest BCUT2D eigenvalue weighted by Crippen LogP contribution is 2.37. The maximum atomic E-state index is 12.9. The highest BCUT2D eigenvalue weighted by atomic mass is 16.2. The predicted octanol–water partition coefficient (Wildman–Crippen LogP) is 3.38. The summed E-state index contributed by atoms with van der Waals surface area (Å²) in [6.45, 7) is 5.90. The first-order valence-corrected chi connectivity index (χ1v) is 9.11. The van der Waals surface area contributed by atoms with Crippen molar-refractivity contribution >= 4 is 17.7 Å². The second kappa shape index (κ2) is 6.62. The summed E-state index contributed by atoms with van der Waals surface area (Å²) in [5.41, 5.74) is 1.89. The number of carbonyl (C=O) groups excluding carboxylic acids is 3. The first kappa shape index (κ1) is 17.6. The Hall–Kier alpha value is -2.17. The molecule has 1 saturated carbocycles. The van der Waals surface area contributed by atoms with Crippen LogP contribution in [0.4, 0.5) is 4.79 Å². The molecule has 0 radical (unpaired) electrons. The minimum Gasteiger partial charge on any atom is -0.323 e. The van der Waals surface area contributed by atoms with Crippen LogP contribution in [-0.4, -0.2) is 34.7 Å². The van der Waals surface area contributed by atoms with E-state index in [1.165, 1.54) is 0 Å². The zero-order chi connectivity index (χ0) is 18.2. The van der Waals surface area contributed by atoms with E-state index in [4.69, 9.17) is 0 Å². The van der Waals surface area contributed by atoms with Crippen molar-refractivity contribution in [1.29, 1.82) is 0 Å². The second-order valence-corrected chi connectivity index (χ2v) is 7.48. The third-order valence-electron chi connectivity index (χ3n) is 5.91. The number of benzene rings is 1. The van der Waals surface area contributed by atoms with Gasteiger partial charge in [-0.3, -0.25) is 14.5 Å². The van der Waals surface area contributed by atoms with Crippen molar-refractivity contribution in [3.05, 3.63) is 34.9 Å². The Kier molecular flexibility index (Phi) is 4.67. The molecule has 2 fully saturated rings. The Balaban J connectivity index is 1.72. The van der Waals surface area contributed by atoms with Crippen LogP contribution in [0.3, 0.4) is 0 Å². The average molecular weight is 342 g/mol. The highest BCUT2D eigenvalue weighted by molar-refractivity contribution is 6.11. The summed E-state index contributed by atoms with van der Waals surface area (Å²) < 4.78 is 0. The van der Waals surface area contributed by atoms with E-state index >= 15 is 0 Å². The van der Waals surface area contributed by atoms with Crippen molar-refractivity contribution in [3.63, 3.8) is 0 Å². The van der Waals surface area contributed by atoms with Gasteiger partial charge in [0.2, 0.25) is 0 Å². The van der Waals surface area contributed by atoms with E-state index in [1.54, 1.807) is 6.07 Å². The van der Waals surface area contributed by atoms with Gasteiger partial charge in [0.25, 0.3) is 5.91 Å². The predicted molar refractivity (Wildman–Crippen MR) is 95.5 cm³/mol. The monoisotopic (exact) mass is 342 g/mol. The summed E-state index contributed by atoms with van der Waals surface area (Å²) >= 11 is 0. The van der Waals surface area contributed by atoms with E-state index in [9.17, 15) is 14.4 Å². The molecule has 5 heteroatoms. The zero-order valence-electron chi connectivity index (χ0n) is 15.2. The smallest absolute Gasteiger partial charge is 0.323 e. The molecule has 1 aromatic rings. The van der Waals surface area contributed by atoms with Gasteiger partial charge in [0.15, 0.2) is 5.78 Å². The van der Waals surface area contributed by atoms with Gasteiger partial charge >= 0.3 is 6.03 Å². The molecule has 2 aliphatic rings. The van der Waals surface area contributed by atoms with Crippen molar-refractivity contribution in [3.8, 4) is 0 Å². The lowest BCUT2D eigenvalue weighted by Crippen LogP contribution is -2.49. The number of urea groups is 1. The molecule has 0 atom stereocenters. The molecule has 5 nitrogen and oxygen atoms in total. The van der Waals surface area contributed by atoms with Crippen molar-refractivity contribution in [2.24, 2.45) is 5.92 Å². The standard InChI is InChI=1S/C20H26N2O3/c1-4-15-7-9-20(10-8-15)18(24)22(19(25)21-20)12-17(23)16-6-5-13(2)14(3)11-16/h5-6,11,15H,4,7-10,12H2,1-3H3,(H,21,25). The summed E-state index contributed by atoms with van der Waals surface area (Å²) in [6, 6.07) is 5.03. The Labute approximate surface area is 148 Å². The van der Waals surface area contributed by atoms with Crippen LogP contribution in [0, 0.1) is 19.8 Å². The van der Waals surface area contributed by atoms with Gasteiger partial charge in [0.05, 0.1) is 6.54 Å². The molecule has 0 aromatic heterocycles. The molecule has 3 amide bonds. The van der Waals surface area contributed by atoms with Crippen LogP contribution in [0.1, 0.15) is 60.5 Å². The first-order valence-electron chi connectivity index (χ1n) is 9.11. The fourth-order valence-corrected chi connectivity index (χ4v) is 3.89. The lowest BCUT2D eigenvalue weighted by molar-refractivity contribution is -0.132. The number of ketones is 1. The second-order valence-electron chi connectivity index (χ2n) is 7.48. The minimum atomic E-state index is -0.785. The highest BCUT2D eigenvalue weighted by Gasteiger charge is 2.52. The minimum absolute atomic E-state index is 0.188. The maximum Gasteiger partial charge on any atom is 0.325 e. The molecule has 1 aliphatic heterocycles. The number of carbonyl (C=O) groups is 3. The Morgan fingerprint density at radius 1 is 1.20 bits per heavy atom. The fraction of sp³-hybridized carbons (Fsp3) is 0.550. The third kappa shape index (κ3) is 3.20. The number of aryl methyl sites for hydroxylation is 2. The van der Waals surface area contributed by atoms with Gasteiger partial charge in [-0.2, -0.15) is 0 Å². The lowest BCUT2D eigenvalue weighted by atomic mass is 9.75. The number of Topliss-reactive ketones (excluding diaryl/α,β-unsaturated/α-hetero) is 1. The largest absolute Gasteiger partial charge is 0.325 e. The van der Waals surface area contributed by atoms with E-state index in [0.717, 1.165) is 35.3 Å². The molecular weight excluding hydrogens is 316 g/mol. The molecule has 1 N–H and O–H groups in total. The molecule has 0 unspecified atom stereocenters. The van der Waals surface area contributed by atoms with Gasteiger partial charge in [-0.25, -0.2) is 4.79 Å². The van der Waals surface area contributed by atoms with Crippen LogP contribution in [0.2, 0.25) is 0 Å². The SMILES string of the molecule is CCC1CCC2(CC1)NC(=O)N(CC(=O)c1ccc(C)c(C)c1)C2=O. The van der Waals surface area contributed by atoms with Gasteiger partial charge in [-0.1, -0.05) is 25.5 Å². The van der Waals surface area contributed by atoms with Crippen LogP contribution in [-0.2, 0) is 4.79 Å². The van der Waals surface area contributed by atoms with Gasteiger partial charge in [0.1, 0.15) is 5.54 Å². The van der Waals surface area contributed by atoms with Crippen LogP contribution >= 0.6 is 0 Å². The Bertz CT molecular complexity index is 718. The van der Waals surface area contributed by atoms with Crippen molar-refractivity contribution in [2.75, 3.05) is 6.54 Å². The normalized spacial score (nSPS) is 26.2. The molecule has 1 heterocycles. The average Bonchev–Trinajstić information content (AvgIpc) is 2.82. The number of nitrogens with one attached hydrogen (secondary N) is 1. The number of hydrogen-bond donors (Lipinski definition) is 1. The molecule has 1 spiro atoms. The molecule has 25 heavy (non-hydrogen) atoms. The number of nitrogens with zero attached hydrogens (tertiary/aromatic N) is 1. The number of rotatable bonds is 4. The van der Waals surface area contributed by atoms with Crippen molar-refractivity contribution < 1.29 is 14.4 Å². The lowest BCUT2D eigenvalue weighted by Gasteiger charge is -2.34. The molecular formula is C20H26N2O3. The van der Waals surface area contributed by atoms with Crippen LogP contribution in [0.5, 0.6) is 0 Å². The van der Waals surface area contributed by atoms with Gasteiger partial charge in [-0.15, -0.1) is 0 Å². The van der Waals surface area contributed by atoms with Gasteiger partial charge in [0, 0.05) is 5.56 Å². The number of hydrogen-bond acceptors (Lipinski definition) is 3.